The largest absolute Gasteiger partial charge is 0.489 e. The molecule has 1 amide bonds. The van der Waals surface area contributed by atoms with Crippen molar-refractivity contribution in [2.45, 2.75) is 110 Å². The second kappa shape index (κ2) is 18.4. The molecular formula is C53H61FN8O10S. The molecule has 2 aromatic heterocycles. The zero-order valence-corrected chi connectivity index (χ0v) is 41.8. The standard InChI is InChI=1S/C53H61FN8O10S/c1-31(2)35-5-3-4-6-36(35)42-28-70-22-18-60(42)33-26-52(27-33)11-16-59(17-12-52)39-8-7-37(49(55)63)47(61-38-10-19-69-29-44(38)72-51-41(61)23-32-9-15-56-50(32)58-51)48(39)73(66,67)34-24-40(62(64)65)46-43(25-34)71-30-45(57-46)53(54)13-20-68-21-14-53/h3-9,15,23-25,31,33,38,42,44-45,57H,10-14,16-22,26-30H2,1-2H3,(H2,55,63)(H,56,58)/t38-,42-,44-,45+/m0/s1. The highest BCUT2D eigenvalue weighted by molar-refractivity contribution is 7.91. The van der Waals surface area contributed by atoms with Crippen LogP contribution in [0.4, 0.5) is 32.8 Å². The fourth-order valence-corrected chi connectivity index (χ4v) is 14.6. The zero-order chi connectivity index (χ0) is 50.4. The van der Waals surface area contributed by atoms with Gasteiger partial charge in [0.1, 0.15) is 34.6 Å². The van der Waals surface area contributed by atoms with E-state index in [1.165, 1.54) is 17.2 Å². The molecule has 1 saturated carbocycles. The van der Waals surface area contributed by atoms with Crippen LogP contribution in [0.5, 0.6) is 11.6 Å². The van der Waals surface area contributed by atoms with Gasteiger partial charge in [0.05, 0.1) is 64.7 Å². The third-order valence-electron chi connectivity index (χ3n) is 16.8. The highest BCUT2D eigenvalue weighted by Crippen LogP contribution is 2.56. The second-order valence-corrected chi connectivity index (χ2v) is 23.1. The van der Waals surface area contributed by atoms with E-state index in [2.05, 4.69) is 58.2 Å². The number of carbonyl (C=O) groups excluding carboxylic acids is 1. The second-order valence-electron chi connectivity index (χ2n) is 21.3. The molecule has 12 rings (SSSR count). The lowest BCUT2D eigenvalue weighted by atomic mass is 9.59. The summed E-state index contributed by atoms with van der Waals surface area (Å²) in [6.07, 6.45) is 5.22. The number of piperidine rings is 1. The topological polar surface area (TPSA) is 217 Å². The molecule has 18 nitrogen and oxygen atoms in total. The number of alkyl halides is 1. The van der Waals surface area contributed by atoms with Crippen molar-refractivity contribution in [1.29, 1.82) is 0 Å². The minimum Gasteiger partial charge on any atom is -0.489 e. The van der Waals surface area contributed by atoms with Gasteiger partial charge in [0.25, 0.3) is 11.6 Å². The molecule has 5 fully saturated rings. The average molecular weight is 1020 g/mol. The molecule has 386 valence electrons. The van der Waals surface area contributed by atoms with Gasteiger partial charge in [-0.2, -0.15) is 4.98 Å². The summed E-state index contributed by atoms with van der Waals surface area (Å²) < 4.78 is 78.7. The van der Waals surface area contributed by atoms with E-state index in [-0.39, 0.29) is 84.2 Å². The number of nitrogens with zero attached hydrogens (tertiary/aromatic N) is 5. The third-order valence-corrected chi connectivity index (χ3v) is 18.6. The number of hydrogen-bond acceptors (Lipinski definition) is 15. The number of halogens is 1. The summed E-state index contributed by atoms with van der Waals surface area (Å²) in [4.78, 5) is 40.1. The number of fused-ring (bicyclic) bond motifs is 4. The fourth-order valence-electron chi connectivity index (χ4n) is 12.9. The van der Waals surface area contributed by atoms with Gasteiger partial charge in [-0.25, -0.2) is 12.8 Å². The van der Waals surface area contributed by atoms with Crippen LogP contribution in [0.3, 0.4) is 0 Å². The first-order valence-corrected chi connectivity index (χ1v) is 27.1. The molecule has 4 saturated heterocycles. The van der Waals surface area contributed by atoms with Gasteiger partial charge in [0, 0.05) is 82.1 Å². The van der Waals surface area contributed by atoms with Crippen LogP contribution in [0.25, 0.3) is 11.0 Å². The Morgan fingerprint density at radius 1 is 0.932 bits per heavy atom. The molecule has 1 aliphatic carbocycles. The number of amides is 1. The number of benzene rings is 3. The normalized spacial score (nSPS) is 24.9. The van der Waals surface area contributed by atoms with Crippen molar-refractivity contribution in [3.05, 3.63) is 93.7 Å². The number of rotatable bonds is 10. The number of carbonyl (C=O) groups is 1. The molecule has 0 unspecified atom stereocenters. The molecule has 73 heavy (non-hydrogen) atoms. The van der Waals surface area contributed by atoms with Crippen LogP contribution < -0.4 is 30.3 Å². The molecule has 1 spiro atoms. The molecule has 4 N–H and O–H groups in total. The zero-order valence-electron chi connectivity index (χ0n) is 41.0. The van der Waals surface area contributed by atoms with E-state index >= 15 is 12.8 Å². The number of ether oxygens (including phenoxy) is 5. The van der Waals surface area contributed by atoms with Crippen molar-refractivity contribution >= 4 is 55.2 Å². The van der Waals surface area contributed by atoms with Crippen LogP contribution in [0.15, 0.2) is 76.7 Å². The summed E-state index contributed by atoms with van der Waals surface area (Å²) in [7, 11) is -4.86. The molecule has 7 aliphatic rings. The molecule has 0 radical (unpaired) electrons. The predicted octanol–water partition coefficient (Wildman–Crippen LogP) is 7.73. The molecule has 8 heterocycles. The smallest absolute Gasteiger partial charge is 0.297 e. The first-order chi connectivity index (χ1) is 35.2. The highest BCUT2D eigenvalue weighted by Gasteiger charge is 2.52. The highest BCUT2D eigenvalue weighted by atomic mass is 32.2. The number of aromatic amines is 1. The Bertz CT molecular complexity index is 3090. The monoisotopic (exact) mass is 1020 g/mol. The lowest BCUT2D eigenvalue weighted by Crippen LogP contribution is -2.58. The van der Waals surface area contributed by atoms with Crippen molar-refractivity contribution in [3.8, 4) is 11.6 Å². The van der Waals surface area contributed by atoms with E-state index < -0.39 is 55.1 Å². The summed E-state index contributed by atoms with van der Waals surface area (Å²) in [5, 5.41) is 16.8. The van der Waals surface area contributed by atoms with Gasteiger partial charge in [0.2, 0.25) is 15.7 Å². The van der Waals surface area contributed by atoms with E-state index in [4.69, 9.17) is 34.4 Å². The van der Waals surface area contributed by atoms with E-state index in [0.29, 0.717) is 68.3 Å². The molecule has 5 aromatic rings. The van der Waals surface area contributed by atoms with Gasteiger partial charge < -0.3 is 49.5 Å². The summed E-state index contributed by atoms with van der Waals surface area (Å²) in [6, 6.07) is 16.9. The molecule has 4 atom stereocenters. The van der Waals surface area contributed by atoms with Crippen LogP contribution in [0.1, 0.15) is 92.2 Å². The Balaban J connectivity index is 0.950. The van der Waals surface area contributed by atoms with E-state index in [0.717, 1.165) is 43.7 Å². The van der Waals surface area contributed by atoms with Crippen molar-refractivity contribution in [2.75, 3.05) is 81.0 Å². The number of nitrogens with two attached hydrogens (primary N) is 1. The first-order valence-electron chi connectivity index (χ1n) is 25.6. The Labute approximate surface area is 422 Å². The Hall–Kier alpha value is -6.06. The molecule has 3 aromatic carbocycles. The van der Waals surface area contributed by atoms with Crippen molar-refractivity contribution in [2.24, 2.45) is 11.1 Å². The van der Waals surface area contributed by atoms with Crippen molar-refractivity contribution in [1.82, 2.24) is 14.9 Å². The number of anilines is 4. The van der Waals surface area contributed by atoms with E-state index in [1.807, 2.05) is 17.0 Å². The number of H-pyrrole nitrogens is 1. The SMILES string of the molecule is CC(C)c1ccccc1[C@@H]1COCCN1C1CC2(CCN(c3ccc(C(N)=O)c(N4c5cc6cc[nH]c6nc5O[C@H]5COCC[C@@H]54)c3S(=O)(=O)c3cc4c(c([N+](=O)[O-])c3)N[C@@H](C3(F)CCOCC3)CO4)CC2)C1. The Kier molecular flexibility index (Phi) is 12.1. The number of pyridine rings is 1. The summed E-state index contributed by atoms with van der Waals surface area (Å²) in [6.45, 7) is 8.29. The fraction of sp³-hybridized carbons (Fsp3) is 0.509. The molecular weight excluding hydrogens is 960 g/mol. The maximum atomic E-state index is 16.3. The maximum absolute atomic E-state index is 16.3. The van der Waals surface area contributed by atoms with Gasteiger partial charge >= 0.3 is 0 Å². The van der Waals surface area contributed by atoms with Gasteiger partial charge in [-0.1, -0.05) is 38.1 Å². The molecule has 20 heteroatoms. The van der Waals surface area contributed by atoms with Crippen LogP contribution in [-0.4, -0.2) is 130 Å². The number of nitrogens with one attached hydrogen (secondary N) is 2. The Morgan fingerprint density at radius 2 is 1.71 bits per heavy atom. The number of sulfone groups is 1. The number of nitro benzene ring substituents is 1. The third kappa shape index (κ3) is 8.23. The summed E-state index contributed by atoms with van der Waals surface area (Å²) in [5.41, 5.74) is 7.74. The van der Waals surface area contributed by atoms with Gasteiger partial charge in [-0.15, -0.1) is 0 Å². The van der Waals surface area contributed by atoms with Gasteiger partial charge in [-0.05, 0) is 78.8 Å². The first kappa shape index (κ1) is 47.9. The molecule has 0 bridgehead atoms. The molecule has 6 aliphatic heterocycles. The van der Waals surface area contributed by atoms with Crippen LogP contribution in [0.2, 0.25) is 0 Å². The number of morpholine rings is 1. The van der Waals surface area contributed by atoms with E-state index in [1.54, 1.807) is 18.3 Å². The number of primary amides is 1. The minimum absolute atomic E-state index is 0.0190. The summed E-state index contributed by atoms with van der Waals surface area (Å²) in [5.74, 6) is -0.402. The van der Waals surface area contributed by atoms with Crippen molar-refractivity contribution < 1.29 is 46.2 Å². The lowest BCUT2D eigenvalue weighted by molar-refractivity contribution is -0.384. The number of hydrogen-bond donors (Lipinski definition) is 3. The quantitative estimate of drug-likeness (QED) is 0.0901. The number of nitro groups is 1. The van der Waals surface area contributed by atoms with Gasteiger partial charge in [-0.3, -0.25) is 19.8 Å². The number of aromatic nitrogens is 2. The van der Waals surface area contributed by atoms with Gasteiger partial charge in [0.15, 0.2) is 11.4 Å². The average Bonchev–Trinajstić information content (AvgIpc) is 3.85. The van der Waals surface area contributed by atoms with Crippen LogP contribution in [0, 0.1) is 15.5 Å². The van der Waals surface area contributed by atoms with Crippen LogP contribution in [-0.2, 0) is 24.0 Å². The van der Waals surface area contributed by atoms with Crippen LogP contribution >= 0.6 is 0 Å². The minimum atomic E-state index is -4.86. The van der Waals surface area contributed by atoms with Crippen molar-refractivity contribution in [3.63, 3.8) is 0 Å². The predicted molar refractivity (Wildman–Crippen MR) is 270 cm³/mol. The maximum Gasteiger partial charge on any atom is 0.297 e. The Morgan fingerprint density at radius 3 is 2.48 bits per heavy atom. The summed E-state index contributed by atoms with van der Waals surface area (Å²) >= 11 is 0. The van der Waals surface area contributed by atoms with E-state index in [9.17, 15) is 14.9 Å². The lowest BCUT2D eigenvalue weighted by Gasteiger charge is -2.57.